The van der Waals surface area contributed by atoms with Gasteiger partial charge in [0.1, 0.15) is 0 Å². The molecule has 0 radical (unpaired) electrons. The number of hydrogen-bond acceptors (Lipinski definition) is 2. The highest BCUT2D eigenvalue weighted by Gasteiger charge is 2.01. The van der Waals surface area contributed by atoms with Crippen LogP contribution >= 0.6 is 0 Å². The maximum absolute atomic E-state index is 8.62. The first-order valence-electron chi connectivity index (χ1n) is 6.08. The van der Waals surface area contributed by atoms with Crippen LogP contribution in [-0.4, -0.2) is 6.04 Å². The van der Waals surface area contributed by atoms with Crippen molar-refractivity contribution < 1.29 is 0 Å². The van der Waals surface area contributed by atoms with Crippen LogP contribution in [0.5, 0.6) is 0 Å². The van der Waals surface area contributed by atoms with Gasteiger partial charge in [0, 0.05) is 11.7 Å². The van der Waals surface area contributed by atoms with Crippen LogP contribution in [0, 0.1) is 11.3 Å². The van der Waals surface area contributed by atoms with E-state index in [-0.39, 0.29) is 6.04 Å². The fourth-order valence-electron chi connectivity index (χ4n) is 1.86. The van der Waals surface area contributed by atoms with Gasteiger partial charge in [-0.1, -0.05) is 42.5 Å². The first kappa shape index (κ1) is 12.2. The molecule has 0 fully saturated rings. The Morgan fingerprint density at radius 1 is 1.00 bits per heavy atom. The summed E-state index contributed by atoms with van der Waals surface area (Å²) in [5.74, 6) is 0. The first-order valence-corrected chi connectivity index (χ1v) is 6.08. The number of rotatable bonds is 4. The van der Waals surface area contributed by atoms with Gasteiger partial charge in [-0.2, -0.15) is 5.26 Å². The van der Waals surface area contributed by atoms with Crippen LogP contribution in [0.1, 0.15) is 13.3 Å². The van der Waals surface area contributed by atoms with Gasteiger partial charge in [-0.15, -0.1) is 0 Å². The van der Waals surface area contributed by atoms with Crippen LogP contribution in [0.4, 0.5) is 5.69 Å². The molecule has 0 saturated heterocycles. The second kappa shape index (κ2) is 5.88. The van der Waals surface area contributed by atoms with Crippen LogP contribution in [0.2, 0.25) is 0 Å². The lowest BCUT2D eigenvalue weighted by molar-refractivity contribution is 0.821. The largest absolute Gasteiger partial charge is 0.382 e. The summed E-state index contributed by atoms with van der Waals surface area (Å²) >= 11 is 0. The SMILES string of the molecule is CC(CC#N)Nc1ccc(-c2ccccc2)cc1. The molecular formula is C16H16N2. The summed E-state index contributed by atoms with van der Waals surface area (Å²) in [5.41, 5.74) is 3.47. The number of benzene rings is 2. The molecule has 0 heterocycles. The Hall–Kier alpha value is -2.27. The van der Waals surface area contributed by atoms with Crippen molar-refractivity contribution in [1.29, 1.82) is 5.26 Å². The first-order chi connectivity index (χ1) is 8.79. The molecule has 0 saturated carbocycles. The van der Waals surface area contributed by atoms with Crippen LogP contribution in [0.25, 0.3) is 11.1 Å². The molecule has 0 aliphatic carbocycles. The number of nitriles is 1. The van der Waals surface area contributed by atoms with E-state index in [9.17, 15) is 0 Å². The van der Waals surface area contributed by atoms with Crippen molar-refractivity contribution in [2.24, 2.45) is 0 Å². The maximum Gasteiger partial charge on any atom is 0.0643 e. The van der Waals surface area contributed by atoms with Crippen LogP contribution in [-0.2, 0) is 0 Å². The zero-order chi connectivity index (χ0) is 12.8. The lowest BCUT2D eigenvalue weighted by atomic mass is 10.1. The number of hydrogen-bond donors (Lipinski definition) is 1. The minimum atomic E-state index is 0.178. The van der Waals surface area contributed by atoms with Crippen LogP contribution in [0.15, 0.2) is 54.6 Å². The van der Waals surface area contributed by atoms with Crippen LogP contribution < -0.4 is 5.32 Å². The quantitative estimate of drug-likeness (QED) is 0.868. The zero-order valence-electron chi connectivity index (χ0n) is 10.4. The number of anilines is 1. The third-order valence-electron chi connectivity index (χ3n) is 2.80. The summed E-state index contributed by atoms with van der Waals surface area (Å²) in [5, 5.41) is 11.9. The molecule has 1 N–H and O–H groups in total. The fourth-order valence-corrected chi connectivity index (χ4v) is 1.86. The van der Waals surface area contributed by atoms with Gasteiger partial charge in [0.2, 0.25) is 0 Å². The molecule has 2 rings (SSSR count). The summed E-state index contributed by atoms with van der Waals surface area (Å²) in [6.45, 7) is 2.01. The summed E-state index contributed by atoms with van der Waals surface area (Å²) < 4.78 is 0. The van der Waals surface area contributed by atoms with Crippen molar-refractivity contribution in [1.82, 2.24) is 0 Å². The van der Waals surface area contributed by atoms with Crippen molar-refractivity contribution in [2.75, 3.05) is 5.32 Å². The molecule has 0 bridgehead atoms. The highest BCUT2D eigenvalue weighted by atomic mass is 14.9. The Labute approximate surface area is 108 Å². The summed E-state index contributed by atoms with van der Waals surface area (Å²) in [6.07, 6.45) is 0.514. The molecule has 1 atom stereocenters. The molecule has 18 heavy (non-hydrogen) atoms. The summed E-state index contributed by atoms with van der Waals surface area (Å²) in [4.78, 5) is 0. The van der Waals surface area contributed by atoms with Crippen molar-refractivity contribution in [3.63, 3.8) is 0 Å². The Kier molecular flexibility index (Phi) is 3.98. The second-order valence-electron chi connectivity index (χ2n) is 4.35. The van der Waals surface area contributed by atoms with Gasteiger partial charge < -0.3 is 5.32 Å². The summed E-state index contributed by atoms with van der Waals surface area (Å²) in [6, 6.07) is 20.9. The predicted octanol–water partition coefficient (Wildman–Crippen LogP) is 4.07. The predicted molar refractivity (Wildman–Crippen MR) is 75.2 cm³/mol. The average Bonchev–Trinajstić information content (AvgIpc) is 2.41. The number of nitrogens with one attached hydrogen (secondary N) is 1. The topological polar surface area (TPSA) is 35.8 Å². The van der Waals surface area contributed by atoms with Gasteiger partial charge in [0.05, 0.1) is 12.5 Å². The van der Waals surface area contributed by atoms with Gasteiger partial charge >= 0.3 is 0 Å². The standard InChI is InChI=1S/C16H16N2/c1-13(11-12-17)18-16-9-7-15(8-10-16)14-5-3-2-4-6-14/h2-10,13,18H,11H2,1H3. The van der Waals surface area contributed by atoms with E-state index in [4.69, 9.17) is 5.26 Å². The maximum atomic E-state index is 8.62. The van der Waals surface area contributed by atoms with E-state index in [1.54, 1.807) is 0 Å². The van der Waals surface area contributed by atoms with Gasteiger partial charge in [0.15, 0.2) is 0 Å². The Morgan fingerprint density at radius 2 is 1.61 bits per heavy atom. The smallest absolute Gasteiger partial charge is 0.0643 e. The van der Waals surface area contributed by atoms with Crippen molar-refractivity contribution in [3.8, 4) is 17.2 Å². The van der Waals surface area contributed by atoms with E-state index in [1.165, 1.54) is 11.1 Å². The third kappa shape index (κ3) is 3.11. The molecule has 2 aromatic carbocycles. The highest BCUT2D eigenvalue weighted by Crippen LogP contribution is 2.21. The molecule has 2 aromatic rings. The lowest BCUT2D eigenvalue weighted by Crippen LogP contribution is -2.13. The second-order valence-corrected chi connectivity index (χ2v) is 4.35. The zero-order valence-corrected chi connectivity index (χ0v) is 10.4. The highest BCUT2D eigenvalue weighted by molar-refractivity contribution is 5.65. The summed E-state index contributed by atoms with van der Waals surface area (Å²) in [7, 11) is 0. The van der Waals surface area contributed by atoms with E-state index in [0.29, 0.717) is 6.42 Å². The lowest BCUT2D eigenvalue weighted by Gasteiger charge is -2.12. The van der Waals surface area contributed by atoms with Crippen molar-refractivity contribution in [3.05, 3.63) is 54.6 Å². The fraction of sp³-hybridized carbons (Fsp3) is 0.188. The Balaban J connectivity index is 2.09. The van der Waals surface area contributed by atoms with E-state index in [0.717, 1.165) is 5.69 Å². The molecule has 90 valence electrons. The minimum absolute atomic E-state index is 0.178. The van der Waals surface area contributed by atoms with Gasteiger partial charge in [-0.25, -0.2) is 0 Å². The molecule has 1 unspecified atom stereocenters. The molecular weight excluding hydrogens is 220 g/mol. The van der Waals surface area contributed by atoms with E-state index in [1.807, 2.05) is 25.1 Å². The van der Waals surface area contributed by atoms with Gasteiger partial charge in [0.25, 0.3) is 0 Å². The van der Waals surface area contributed by atoms with E-state index in [2.05, 4.69) is 47.8 Å². The van der Waals surface area contributed by atoms with Crippen LogP contribution in [0.3, 0.4) is 0 Å². The molecule has 0 spiro atoms. The van der Waals surface area contributed by atoms with Crippen molar-refractivity contribution >= 4 is 5.69 Å². The molecule has 0 amide bonds. The Bertz CT molecular complexity index is 523. The van der Waals surface area contributed by atoms with E-state index < -0.39 is 0 Å². The average molecular weight is 236 g/mol. The normalized spacial score (nSPS) is 11.6. The van der Waals surface area contributed by atoms with Crippen molar-refractivity contribution in [2.45, 2.75) is 19.4 Å². The monoisotopic (exact) mass is 236 g/mol. The molecule has 2 nitrogen and oxygen atoms in total. The number of nitrogens with zero attached hydrogens (tertiary/aromatic N) is 1. The molecule has 0 aliphatic heterocycles. The van der Waals surface area contributed by atoms with Gasteiger partial charge in [-0.05, 0) is 30.2 Å². The molecule has 0 aromatic heterocycles. The van der Waals surface area contributed by atoms with E-state index >= 15 is 0 Å². The minimum Gasteiger partial charge on any atom is -0.382 e. The molecule has 2 heteroatoms. The third-order valence-corrected chi connectivity index (χ3v) is 2.80. The Morgan fingerprint density at radius 3 is 2.22 bits per heavy atom. The molecule has 0 aliphatic rings. The van der Waals surface area contributed by atoms with Gasteiger partial charge in [-0.3, -0.25) is 0 Å².